The molecule has 0 saturated heterocycles. The summed E-state index contributed by atoms with van der Waals surface area (Å²) in [4.78, 5) is 0. The van der Waals surface area contributed by atoms with Crippen LogP contribution in [0.4, 0.5) is 0 Å². The fourth-order valence-electron chi connectivity index (χ4n) is 2.67. The van der Waals surface area contributed by atoms with E-state index in [1.165, 1.54) is 77.0 Å². The molecule has 0 heterocycles. The molecule has 0 fully saturated rings. The van der Waals surface area contributed by atoms with Crippen LogP contribution in [0.3, 0.4) is 0 Å². The summed E-state index contributed by atoms with van der Waals surface area (Å²) in [6.07, 6.45) is 16.6. The summed E-state index contributed by atoms with van der Waals surface area (Å²) in [5, 5.41) is 8.94. The van der Waals surface area contributed by atoms with Crippen LogP contribution in [0.25, 0.3) is 0 Å². The first-order valence-corrected chi connectivity index (χ1v) is 8.81. The van der Waals surface area contributed by atoms with E-state index in [1.54, 1.807) is 0 Å². The molecule has 0 aromatic heterocycles. The molecule has 0 aromatic rings. The van der Waals surface area contributed by atoms with E-state index in [4.69, 9.17) is 5.11 Å². The third kappa shape index (κ3) is 14.2. The lowest BCUT2D eigenvalue weighted by Gasteiger charge is -2.11. The first kappa shape index (κ1) is 19.0. The van der Waals surface area contributed by atoms with E-state index in [0.717, 1.165) is 5.92 Å². The summed E-state index contributed by atoms with van der Waals surface area (Å²) in [5.41, 5.74) is 0. The second-order valence-corrected chi connectivity index (χ2v) is 6.59. The van der Waals surface area contributed by atoms with Crippen LogP contribution in [0.5, 0.6) is 0 Å². The Morgan fingerprint density at radius 3 is 1.53 bits per heavy atom. The number of aliphatic hydroxyl groups is 1. The third-order valence-corrected chi connectivity index (χ3v) is 4.26. The van der Waals surface area contributed by atoms with Crippen molar-refractivity contribution in [3.63, 3.8) is 0 Å². The van der Waals surface area contributed by atoms with Crippen LogP contribution < -0.4 is 0 Å². The molecule has 116 valence electrons. The molecule has 0 aliphatic carbocycles. The molecular formula is C18H38O. The van der Waals surface area contributed by atoms with Crippen molar-refractivity contribution in [2.75, 3.05) is 6.61 Å². The molecule has 0 amide bonds. The molecular weight excluding hydrogens is 232 g/mol. The Bertz CT molecular complexity index is 167. The predicted molar refractivity (Wildman–Crippen MR) is 86.5 cm³/mol. The fourth-order valence-corrected chi connectivity index (χ4v) is 2.67. The average molecular weight is 271 g/mol. The summed E-state index contributed by atoms with van der Waals surface area (Å²) < 4.78 is 0. The molecule has 0 aromatic carbocycles. The molecule has 0 bridgehead atoms. The molecule has 0 radical (unpaired) electrons. The van der Waals surface area contributed by atoms with Crippen LogP contribution in [-0.2, 0) is 0 Å². The van der Waals surface area contributed by atoms with Gasteiger partial charge in [0.25, 0.3) is 0 Å². The third-order valence-electron chi connectivity index (χ3n) is 4.26. The van der Waals surface area contributed by atoms with Gasteiger partial charge in [0.05, 0.1) is 0 Å². The van der Waals surface area contributed by atoms with E-state index in [1.807, 2.05) is 0 Å². The molecule has 0 aliphatic heterocycles. The molecule has 0 saturated carbocycles. The Morgan fingerprint density at radius 1 is 0.632 bits per heavy atom. The van der Waals surface area contributed by atoms with Crippen LogP contribution in [0.1, 0.15) is 97.8 Å². The number of hydrogen-bond acceptors (Lipinski definition) is 1. The smallest absolute Gasteiger partial charge is 0.0456 e. The number of aliphatic hydroxyl groups excluding tert-OH is 1. The maximum Gasteiger partial charge on any atom is 0.0456 e. The molecule has 2 unspecified atom stereocenters. The summed E-state index contributed by atoms with van der Waals surface area (Å²) in [5.74, 6) is 1.44. The SMILES string of the molecule is CCCCCCC(C)CCCCCCCC(C)CO. The maximum atomic E-state index is 8.94. The minimum Gasteiger partial charge on any atom is -0.396 e. The largest absolute Gasteiger partial charge is 0.396 e. The van der Waals surface area contributed by atoms with Gasteiger partial charge in [-0.3, -0.25) is 0 Å². The summed E-state index contributed by atoms with van der Waals surface area (Å²) in [6, 6.07) is 0. The highest BCUT2D eigenvalue weighted by molar-refractivity contribution is 4.56. The van der Waals surface area contributed by atoms with Gasteiger partial charge >= 0.3 is 0 Å². The monoisotopic (exact) mass is 270 g/mol. The van der Waals surface area contributed by atoms with Gasteiger partial charge in [-0.15, -0.1) is 0 Å². The maximum absolute atomic E-state index is 8.94. The normalized spacial score (nSPS) is 14.5. The lowest BCUT2D eigenvalue weighted by Crippen LogP contribution is -1.99. The molecule has 0 spiro atoms. The first-order chi connectivity index (χ1) is 9.20. The number of unbranched alkanes of at least 4 members (excludes halogenated alkanes) is 7. The highest BCUT2D eigenvalue weighted by Crippen LogP contribution is 2.18. The van der Waals surface area contributed by atoms with Crippen molar-refractivity contribution >= 4 is 0 Å². The van der Waals surface area contributed by atoms with Gasteiger partial charge in [-0.25, -0.2) is 0 Å². The molecule has 2 atom stereocenters. The average Bonchev–Trinajstić information content (AvgIpc) is 2.42. The molecule has 0 rings (SSSR count). The first-order valence-electron chi connectivity index (χ1n) is 8.81. The standard InChI is InChI=1S/C18H38O/c1-4-5-6-10-13-17(2)14-11-8-7-9-12-15-18(3)16-19/h17-19H,4-16H2,1-3H3. The Labute approximate surface area is 122 Å². The van der Waals surface area contributed by atoms with Gasteiger partial charge in [0.1, 0.15) is 0 Å². The van der Waals surface area contributed by atoms with Gasteiger partial charge in [0, 0.05) is 6.61 Å². The van der Waals surface area contributed by atoms with Gasteiger partial charge in [0.15, 0.2) is 0 Å². The van der Waals surface area contributed by atoms with E-state index in [9.17, 15) is 0 Å². The van der Waals surface area contributed by atoms with Crippen LogP contribution in [-0.4, -0.2) is 11.7 Å². The second kappa shape index (κ2) is 14.4. The minimum absolute atomic E-state index is 0.357. The molecule has 1 N–H and O–H groups in total. The van der Waals surface area contributed by atoms with Crippen molar-refractivity contribution < 1.29 is 5.11 Å². The Balaban J connectivity index is 3.16. The van der Waals surface area contributed by atoms with Crippen LogP contribution in [0.15, 0.2) is 0 Å². The predicted octanol–water partition coefficient (Wildman–Crippen LogP) is 5.95. The summed E-state index contributed by atoms with van der Waals surface area (Å²) >= 11 is 0. The summed E-state index contributed by atoms with van der Waals surface area (Å²) in [7, 11) is 0. The topological polar surface area (TPSA) is 20.2 Å². The second-order valence-electron chi connectivity index (χ2n) is 6.59. The zero-order valence-corrected chi connectivity index (χ0v) is 13.8. The van der Waals surface area contributed by atoms with Crippen LogP contribution >= 0.6 is 0 Å². The summed E-state index contributed by atoms with van der Waals surface area (Å²) in [6.45, 7) is 7.20. The van der Waals surface area contributed by atoms with Gasteiger partial charge < -0.3 is 5.11 Å². The van der Waals surface area contributed by atoms with Crippen molar-refractivity contribution in [1.29, 1.82) is 0 Å². The van der Waals surface area contributed by atoms with E-state index >= 15 is 0 Å². The lowest BCUT2D eigenvalue weighted by atomic mass is 9.96. The van der Waals surface area contributed by atoms with Gasteiger partial charge in [0.2, 0.25) is 0 Å². The highest BCUT2D eigenvalue weighted by atomic mass is 16.3. The zero-order valence-electron chi connectivity index (χ0n) is 13.8. The quantitative estimate of drug-likeness (QED) is 0.387. The number of rotatable bonds is 14. The van der Waals surface area contributed by atoms with E-state index in [-0.39, 0.29) is 0 Å². The van der Waals surface area contributed by atoms with Gasteiger partial charge in [-0.05, 0) is 18.3 Å². The van der Waals surface area contributed by atoms with Crippen molar-refractivity contribution in [2.45, 2.75) is 97.8 Å². The van der Waals surface area contributed by atoms with Crippen molar-refractivity contribution in [1.82, 2.24) is 0 Å². The molecule has 19 heavy (non-hydrogen) atoms. The van der Waals surface area contributed by atoms with Crippen molar-refractivity contribution in [2.24, 2.45) is 11.8 Å². The van der Waals surface area contributed by atoms with Crippen LogP contribution in [0, 0.1) is 11.8 Å². The number of hydrogen-bond donors (Lipinski definition) is 1. The van der Waals surface area contributed by atoms with Gasteiger partial charge in [-0.2, -0.15) is 0 Å². The minimum atomic E-state index is 0.357. The van der Waals surface area contributed by atoms with E-state index in [0.29, 0.717) is 12.5 Å². The van der Waals surface area contributed by atoms with Crippen LogP contribution in [0.2, 0.25) is 0 Å². The van der Waals surface area contributed by atoms with Crippen molar-refractivity contribution in [3.05, 3.63) is 0 Å². The van der Waals surface area contributed by atoms with Crippen molar-refractivity contribution in [3.8, 4) is 0 Å². The molecule has 1 heteroatoms. The Kier molecular flexibility index (Phi) is 14.3. The highest BCUT2D eigenvalue weighted by Gasteiger charge is 2.02. The zero-order chi connectivity index (χ0) is 14.3. The van der Waals surface area contributed by atoms with Gasteiger partial charge in [-0.1, -0.05) is 91.4 Å². The fraction of sp³-hybridized carbons (Fsp3) is 1.00. The molecule has 0 aliphatic rings. The van der Waals surface area contributed by atoms with E-state index in [2.05, 4.69) is 20.8 Å². The lowest BCUT2D eigenvalue weighted by molar-refractivity contribution is 0.227. The van der Waals surface area contributed by atoms with E-state index < -0.39 is 0 Å². The molecule has 1 nitrogen and oxygen atoms in total. The Morgan fingerprint density at radius 2 is 1.05 bits per heavy atom. The Hall–Kier alpha value is -0.0400.